The molecule has 1 aromatic heterocycles. The number of nitrogens with one attached hydrogen (secondary N) is 1. The number of amides is 1. The van der Waals surface area contributed by atoms with Gasteiger partial charge in [-0.2, -0.15) is 9.78 Å². The van der Waals surface area contributed by atoms with Crippen LogP contribution in [0, 0.1) is 6.92 Å². The minimum absolute atomic E-state index is 0.0856. The van der Waals surface area contributed by atoms with Gasteiger partial charge >= 0.3 is 5.69 Å². The van der Waals surface area contributed by atoms with Crippen LogP contribution in [0.25, 0.3) is 5.69 Å². The Balaban J connectivity index is 1.77. The molecule has 1 N–H and O–H groups in total. The number of ether oxygens (including phenoxy) is 1. The average molecular weight is 455 g/mol. The van der Waals surface area contributed by atoms with Crippen molar-refractivity contribution in [3.63, 3.8) is 0 Å². The Morgan fingerprint density at radius 2 is 1.94 bits per heavy atom. The first-order chi connectivity index (χ1) is 15.4. The molecule has 9 heteroatoms. The third kappa shape index (κ3) is 4.66. The highest BCUT2D eigenvalue weighted by molar-refractivity contribution is 6.31. The van der Waals surface area contributed by atoms with Crippen molar-refractivity contribution in [2.75, 3.05) is 13.2 Å². The molecule has 1 fully saturated rings. The predicted molar refractivity (Wildman–Crippen MR) is 121 cm³/mol. The van der Waals surface area contributed by atoms with E-state index in [1.165, 1.54) is 0 Å². The van der Waals surface area contributed by atoms with Crippen molar-refractivity contribution in [3.05, 3.63) is 91.2 Å². The zero-order valence-electron chi connectivity index (χ0n) is 17.6. The number of hydrogen-bond donors (Lipinski definition) is 1. The monoisotopic (exact) mass is 454 g/mol. The van der Waals surface area contributed by atoms with Gasteiger partial charge in [-0.05, 0) is 43.5 Å². The van der Waals surface area contributed by atoms with Gasteiger partial charge in [-0.1, -0.05) is 47.5 Å². The normalized spacial score (nSPS) is 15.6. The van der Waals surface area contributed by atoms with E-state index in [0.29, 0.717) is 22.9 Å². The Bertz CT molecular complexity index is 1240. The van der Waals surface area contributed by atoms with Crippen LogP contribution in [0.15, 0.2) is 58.1 Å². The molecule has 166 valence electrons. The van der Waals surface area contributed by atoms with Gasteiger partial charge in [0.05, 0.1) is 18.3 Å². The lowest BCUT2D eigenvalue weighted by molar-refractivity contribution is 0.0849. The topological polar surface area (TPSA) is 95.2 Å². The summed E-state index contributed by atoms with van der Waals surface area (Å²) in [6, 6.07) is 14.0. The summed E-state index contributed by atoms with van der Waals surface area (Å²) >= 11 is 6.24. The zero-order chi connectivity index (χ0) is 22.7. The molecular weight excluding hydrogens is 432 g/mol. The van der Waals surface area contributed by atoms with Crippen molar-refractivity contribution in [2.45, 2.75) is 32.4 Å². The van der Waals surface area contributed by atoms with Gasteiger partial charge in [0.1, 0.15) is 0 Å². The van der Waals surface area contributed by atoms with Gasteiger partial charge in [0.15, 0.2) is 0 Å². The standard InChI is InChI=1S/C23H23ClN4O4/c1-15-8-10-17(11-9-15)28-23(31)27(14-16-5-2-3-7-19(16)24)22(30)20(26-28)21(29)25-13-18-6-4-12-32-18/h2-3,5,7-11,18H,4,6,12-14H2,1H3,(H,25,29). The van der Waals surface area contributed by atoms with Gasteiger partial charge in [-0.3, -0.25) is 14.2 Å². The lowest BCUT2D eigenvalue weighted by Crippen LogP contribution is -2.46. The molecule has 4 rings (SSSR count). The summed E-state index contributed by atoms with van der Waals surface area (Å²) in [7, 11) is 0. The van der Waals surface area contributed by atoms with E-state index >= 15 is 0 Å². The Morgan fingerprint density at radius 1 is 1.19 bits per heavy atom. The molecule has 0 bridgehead atoms. The SMILES string of the molecule is Cc1ccc(-n2nc(C(=O)NCC3CCCO3)c(=O)n(Cc3ccccc3Cl)c2=O)cc1. The maximum Gasteiger partial charge on any atom is 0.352 e. The van der Waals surface area contributed by atoms with Crippen LogP contribution in [0.2, 0.25) is 5.02 Å². The van der Waals surface area contributed by atoms with E-state index in [1.54, 1.807) is 36.4 Å². The molecule has 8 nitrogen and oxygen atoms in total. The van der Waals surface area contributed by atoms with E-state index in [4.69, 9.17) is 16.3 Å². The Kier molecular flexibility index (Phi) is 6.53. The Morgan fingerprint density at radius 3 is 2.62 bits per heavy atom. The van der Waals surface area contributed by atoms with E-state index < -0.39 is 17.2 Å². The van der Waals surface area contributed by atoms with Crippen molar-refractivity contribution < 1.29 is 9.53 Å². The fraction of sp³-hybridized carbons (Fsp3) is 0.304. The van der Waals surface area contributed by atoms with Gasteiger partial charge in [0, 0.05) is 18.2 Å². The molecule has 32 heavy (non-hydrogen) atoms. The van der Waals surface area contributed by atoms with Gasteiger partial charge < -0.3 is 10.1 Å². The molecule has 0 radical (unpaired) electrons. The molecule has 0 spiro atoms. The molecule has 1 aliphatic rings. The number of nitrogens with zero attached hydrogens (tertiary/aromatic N) is 3. The number of halogens is 1. The predicted octanol–water partition coefficient (Wildman–Crippen LogP) is 2.31. The summed E-state index contributed by atoms with van der Waals surface area (Å²) in [5.74, 6) is -0.653. The molecule has 3 aromatic rings. The maximum absolute atomic E-state index is 13.2. The van der Waals surface area contributed by atoms with Crippen LogP contribution in [0.5, 0.6) is 0 Å². The van der Waals surface area contributed by atoms with Crippen molar-refractivity contribution in [2.24, 2.45) is 0 Å². The van der Waals surface area contributed by atoms with E-state index in [1.807, 2.05) is 19.1 Å². The van der Waals surface area contributed by atoms with Gasteiger partial charge in [0.25, 0.3) is 11.5 Å². The molecule has 0 saturated carbocycles. The van der Waals surface area contributed by atoms with Crippen LogP contribution < -0.4 is 16.6 Å². The largest absolute Gasteiger partial charge is 0.376 e. The average Bonchev–Trinajstić information content (AvgIpc) is 3.31. The lowest BCUT2D eigenvalue weighted by Gasteiger charge is -2.14. The van der Waals surface area contributed by atoms with Crippen molar-refractivity contribution >= 4 is 17.5 Å². The van der Waals surface area contributed by atoms with Crippen LogP contribution in [0.4, 0.5) is 0 Å². The number of benzene rings is 2. The zero-order valence-corrected chi connectivity index (χ0v) is 18.3. The van der Waals surface area contributed by atoms with Crippen LogP contribution in [-0.4, -0.2) is 39.5 Å². The maximum atomic E-state index is 13.2. The summed E-state index contributed by atoms with van der Waals surface area (Å²) in [6.07, 6.45) is 1.68. The highest BCUT2D eigenvalue weighted by Crippen LogP contribution is 2.15. The first-order valence-electron chi connectivity index (χ1n) is 10.4. The van der Waals surface area contributed by atoms with Crippen molar-refractivity contribution in [1.29, 1.82) is 0 Å². The van der Waals surface area contributed by atoms with Gasteiger partial charge in [-0.25, -0.2) is 4.79 Å². The number of aromatic nitrogens is 3. The van der Waals surface area contributed by atoms with Crippen LogP contribution >= 0.6 is 11.6 Å². The van der Waals surface area contributed by atoms with Crippen LogP contribution in [0.1, 0.15) is 34.5 Å². The molecular formula is C23H23ClN4O4. The third-order valence-electron chi connectivity index (χ3n) is 5.35. The highest BCUT2D eigenvalue weighted by atomic mass is 35.5. The Labute approximate surface area is 189 Å². The van der Waals surface area contributed by atoms with Crippen molar-refractivity contribution in [1.82, 2.24) is 19.7 Å². The third-order valence-corrected chi connectivity index (χ3v) is 5.72. The fourth-order valence-corrected chi connectivity index (χ4v) is 3.74. The second-order valence-electron chi connectivity index (χ2n) is 7.71. The van der Waals surface area contributed by atoms with Crippen LogP contribution in [-0.2, 0) is 11.3 Å². The number of carbonyl (C=O) groups is 1. The smallest absolute Gasteiger partial charge is 0.352 e. The quantitative estimate of drug-likeness (QED) is 0.616. The number of carbonyl (C=O) groups excluding carboxylic acids is 1. The molecule has 1 atom stereocenters. The van der Waals surface area contributed by atoms with E-state index in [-0.39, 0.29) is 24.9 Å². The minimum Gasteiger partial charge on any atom is -0.376 e. The molecule has 2 heterocycles. The molecule has 1 unspecified atom stereocenters. The summed E-state index contributed by atoms with van der Waals surface area (Å²) in [4.78, 5) is 39.2. The lowest BCUT2D eigenvalue weighted by atomic mass is 10.2. The number of hydrogen-bond acceptors (Lipinski definition) is 5. The Hall–Kier alpha value is -3.23. The van der Waals surface area contributed by atoms with E-state index in [2.05, 4.69) is 10.4 Å². The second-order valence-corrected chi connectivity index (χ2v) is 8.11. The summed E-state index contributed by atoms with van der Waals surface area (Å²) in [6.45, 7) is 2.76. The summed E-state index contributed by atoms with van der Waals surface area (Å²) < 4.78 is 7.57. The number of aryl methyl sites for hydroxylation is 1. The summed E-state index contributed by atoms with van der Waals surface area (Å²) in [5, 5.41) is 7.26. The van der Waals surface area contributed by atoms with Crippen molar-refractivity contribution in [3.8, 4) is 5.69 Å². The second kappa shape index (κ2) is 9.50. The highest BCUT2D eigenvalue weighted by Gasteiger charge is 2.23. The first-order valence-corrected chi connectivity index (χ1v) is 10.8. The molecule has 0 aliphatic carbocycles. The van der Waals surface area contributed by atoms with Crippen LogP contribution in [0.3, 0.4) is 0 Å². The fourth-order valence-electron chi connectivity index (χ4n) is 3.54. The van der Waals surface area contributed by atoms with Gasteiger partial charge in [0.2, 0.25) is 5.69 Å². The molecule has 2 aromatic carbocycles. The van der Waals surface area contributed by atoms with Gasteiger partial charge in [-0.15, -0.1) is 0 Å². The number of rotatable bonds is 6. The van der Waals surface area contributed by atoms with E-state index in [0.717, 1.165) is 27.7 Å². The van der Waals surface area contributed by atoms with E-state index in [9.17, 15) is 14.4 Å². The minimum atomic E-state index is -0.775. The first kappa shape index (κ1) is 22.0. The molecule has 1 saturated heterocycles. The molecule has 1 amide bonds. The summed E-state index contributed by atoms with van der Waals surface area (Å²) in [5.41, 5.74) is 0.232. The molecule has 1 aliphatic heterocycles.